The highest BCUT2D eigenvalue weighted by Gasteiger charge is 2.34. The Morgan fingerprint density at radius 3 is 2.65 bits per heavy atom. The SMILES string of the molecule is CCOC(=O)c1ccc(NS(=O)(=O)C[C@H](OC)C2CC2)c(O)c1. The number of benzene rings is 1. The second-order valence-corrected chi connectivity index (χ2v) is 7.21. The fraction of sp³-hybridized carbons (Fsp3) is 0.533. The smallest absolute Gasteiger partial charge is 0.338 e. The minimum Gasteiger partial charge on any atom is -0.506 e. The van der Waals surface area contributed by atoms with Gasteiger partial charge in [0.15, 0.2) is 0 Å². The molecular formula is C15H21NO6S. The normalized spacial score (nSPS) is 15.9. The standard InChI is InChI=1S/C15H21NO6S/c1-3-22-15(18)11-6-7-12(13(17)8-11)16-23(19,20)9-14(21-2)10-4-5-10/h6-8,10,14,16-17H,3-5,9H2,1-2H3/t14-/m0/s1. The lowest BCUT2D eigenvalue weighted by Crippen LogP contribution is -2.29. The van der Waals surface area contributed by atoms with Crippen LogP contribution in [0.2, 0.25) is 0 Å². The Morgan fingerprint density at radius 1 is 1.43 bits per heavy atom. The first-order valence-corrected chi connectivity index (χ1v) is 9.05. The van der Waals surface area contributed by atoms with E-state index in [9.17, 15) is 18.3 Å². The topological polar surface area (TPSA) is 102 Å². The second kappa shape index (κ2) is 7.18. The molecule has 1 saturated carbocycles. The van der Waals surface area contributed by atoms with Crippen LogP contribution in [0.5, 0.6) is 5.75 Å². The third-order valence-electron chi connectivity index (χ3n) is 3.61. The highest BCUT2D eigenvalue weighted by Crippen LogP contribution is 2.35. The summed E-state index contributed by atoms with van der Waals surface area (Å²) in [4.78, 5) is 11.6. The van der Waals surface area contributed by atoms with Crippen LogP contribution in [-0.4, -0.2) is 45.1 Å². The molecule has 0 saturated heterocycles. The molecule has 128 valence electrons. The summed E-state index contributed by atoms with van der Waals surface area (Å²) in [7, 11) is -2.18. The van der Waals surface area contributed by atoms with E-state index >= 15 is 0 Å². The molecular weight excluding hydrogens is 322 g/mol. The second-order valence-electron chi connectivity index (χ2n) is 5.45. The molecule has 2 N–H and O–H groups in total. The van der Waals surface area contributed by atoms with E-state index in [1.54, 1.807) is 6.92 Å². The van der Waals surface area contributed by atoms with Crippen LogP contribution in [0.25, 0.3) is 0 Å². The monoisotopic (exact) mass is 343 g/mol. The minimum absolute atomic E-state index is 0.0173. The number of aromatic hydroxyl groups is 1. The number of esters is 1. The number of hydrogen-bond acceptors (Lipinski definition) is 6. The summed E-state index contributed by atoms with van der Waals surface area (Å²) in [6.45, 7) is 1.89. The van der Waals surface area contributed by atoms with Crippen LogP contribution in [0.15, 0.2) is 18.2 Å². The number of nitrogens with one attached hydrogen (secondary N) is 1. The predicted molar refractivity (Wildman–Crippen MR) is 85.0 cm³/mol. The van der Waals surface area contributed by atoms with Gasteiger partial charge in [0.2, 0.25) is 10.0 Å². The Balaban J connectivity index is 2.08. The highest BCUT2D eigenvalue weighted by atomic mass is 32.2. The van der Waals surface area contributed by atoms with E-state index in [4.69, 9.17) is 9.47 Å². The average molecular weight is 343 g/mol. The summed E-state index contributed by atoms with van der Waals surface area (Å²) in [5, 5.41) is 9.92. The highest BCUT2D eigenvalue weighted by molar-refractivity contribution is 7.92. The minimum atomic E-state index is -3.67. The lowest BCUT2D eigenvalue weighted by atomic mass is 10.2. The zero-order valence-electron chi connectivity index (χ0n) is 13.1. The van der Waals surface area contributed by atoms with Crippen LogP contribution in [0.1, 0.15) is 30.1 Å². The van der Waals surface area contributed by atoms with Gasteiger partial charge in [-0.25, -0.2) is 13.2 Å². The molecule has 23 heavy (non-hydrogen) atoms. The van der Waals surface area contributed by atoms with Gasteiger partial charge in [0, 0.05) is 7.11 Å². The number of anilines is 1. The lowest BCUT2D eigenvalue weighted by molar-refractivity contribution is 0.0526. The molecule has 1 fully saturated rings. The number of phenolic OH excluding ortho intramolecular Hbond substituents is 1. The number of phenols is 1. The van der Waals surface area contributed by atoms with Crippen LogP contribution < -0.4 is 4.72 Å². The Morgan fingerprint density at radius 2 is 2.13 bits per heavy atom. The molecule has 1 aromatic carbocycles. The molecule has 0 aliphatic heterocycles. The van der Waals surface area contributed by atoms with Crippen molar-refractivity contribution < 1.29 is 27.8 Å². The summed E-state index contributed by atoms with van der Waals surface area (Å²) >= 11 is 0. The Bertz CT molecular complexity index is 669. The van der Waals surface area contributed by atoms with Gasteiger partial charge in [-0.3, -0.25) is 4.72 Å². The number of rotatable bonds is 8. The third kappa shape index (κ3) is 4.84. The number of methoxy groups -OCH3 is 1. The molecule has 0 spiro atoms. The number of carbonyl (C=O) groups is 1. The van der Waals surface area contributed by atoms with Gasteiger partial charge < -0.3 is 14.6 Å². The van der Waals surface area contributed by atoms with Gasteiger partial charge in [-0.2, -0.15) is 0 Å². The maximum Gasteiger partial charge on any atom is 0.338 e. The molecule has 1 aliphatic carbocycles. The molecule has 1 aliphatic rings. The van der Waals surface area contributed by atoms with E-state index in [1.807, 2.05) is 0 Å². The number of sulfonamides is 1. The first-order valence-electron chi connectivity index (χ1n) is 7.39. The number of hydrogen-bond donors (Lipinski definition) is 2. The molecule has 0 radical (unpaired) electrons. The Kier molecular flexibility index (Phi) is 5.48. The molecule has 0 aromatic heterocycles. The van der Waals surface area contributed by atoms with Gasteiger partial charge in [0.05, 0.1) is 29.7 Å². The van der Waals surface area contributed by atoms with Crippen molar-refractivity contribution in [2.45, 2.75) is 25.9 Å². The molecule has 0 heterocycles. The van der Waals surface area contributed by atoms with Crippen LogP contribution >= 0.6 is 0 Å². The largest absolute Gasteiger partial charge is 0.506 e. The van der Waals surface area contributed by atoms with Crippen LogP contribution in [0.4, 0.5) is 5.69 Å². The Hall–Kier alpha value is -1.80. The summed E-state index contributed by atoms with van der Waals surface area (Å²) in [6, 6.07) is 3.90. The van der Waals surface area contributed by atoms with Gasteiger partial charge in [0.1, 0.15) is 5.75 Å². The molecule has 7 nitrogen and oxygen atoms in total. The van der Waals surface area contributed by atoms with Crippen molar-refractivity contribution in [1.82, 2.24) is 0 Å². The summed E-state index contributed by atoms with van der Waals surface area (Å²) in [5.41, 5.74) is 0.170. The zero-order chi connectivity index (χ0) is 17.0. The fourth-order valence-corrected chi connectivity index (χ4v) is 3.68. The molecule has 2 rings (SSSR count). The summed E-state index contributed by atoms with van der Waals surface area (Å²) < 4.78 is 36.7. The number of carbonyl (C=O) groups excluding carboxylic acids is 1. The van der Waals surface area contributed by atoms with Crippen molar-refractivity contribution >= 4 is 21.7 Å². The first kappa shape index (κ1) is 17.6. The summed E-state index contributed by atoms with van der Waals surface area (Å²) in [6.07, 6.45) is 1.58. The number of ether oxygens (including phenoxy) is 2. The van der Waals surface area contributed by atoms with Crippen LogP contribution in [0, 0.1) is 5.92 Å². The van der Waals surface area contributed by atoms with Crippen molar-refractivity contribution in [3.05, 3.63) is 23.8 Å². The van der Waals surface area contributed by atoms with E-state index in [0.29, 0.717) is 0 Å². The van der Waals surface area contributed by atoms with Gasteiger partial charge >= 0.3 is 5.97 Å². The van der Waals surface area contributed by atoms with Gasteiger partial charge in [-0.05, 0) is 43.9 Å². The van der Waals surface area contributed by atoms with E-state index < -0.39 is 16.0 Å². The van der Waals surface area contributed by atoms with E-state index in [-0.39, 0.29) is 41.4 Å². The maximum atomic E-state index is 12.2. The molecule has 0 bridgehead atoms. The molecule has 8 heteroatoms. The zero-order valence-corrected chi connectivity index (χ0v) is 13.9. The van der Waals surface area contributed by atoms with Crippen molar-refractivity contribution in [2.24, 2.45) is 5.92 Å². The first-order chi connectivity index (χ1) is 10.9. The van der Waals surface area contributed by atoms with Crippen molar-refractivity contribution in [3.8, 4) is 5.75 Å². The van der Waals surface area contributed by atoms with Crippen molar-refractivity contribution in [3.63, 3.8) is 0 Å². The maximum absolute atomic E-state index is 12.2. The van der Waals surface area contributed by atoms with E-state index in [2.05, 4.69) is 4.72 Å². The van der Waals surface area contributed by atoms with Crippen molar-refractivity contribution in [2.75, 3.05) is 24.2 Å². The molecule has 1 aromatic rings. The van der Waals surface area contributed by atoms with Gasteiger partial charge in [-0.15, -0.1) is 0 Å². The van der Waals surface area contributed by atoms with Crippen LogP contribution in [-0.2, 0) is 19.5 Å². The van der Waals surface area contributed by atoms with Crippen molar-refractivity contribution in [1.29, 1.82) is 0 Å². The third-order valence-corrected chi connectivity index (χ3v) is 4.91. The predicted octanol–water partition coefficient (Wildman–Crippen LogP) is 1.74. The molecule has 0 amide bonds. The summed E-state index contributed by atoms with van der Waals surface area (Å²) in [5.74, 6) is -0.811. The van der Waals surface area contributed by atoms with Crippen LogP contribution in [0.3, 0.4) is 0 Å². The van der Waals surface area contributed by atoms with E-state index in [0.717, 1.165) is 12.8 Å². The lowest BCUT2D eigenvalue weighted by Gasteiger charge is -2.16. The quantitative estimate of drug-likeness (QED) is 0.550. The van der Waals surface area contributed by atoms with Gasteiger partial charge in [0.25, 0.3) is 0 Å². The molecule has 1 atom stereocenters. The van der Waals surface area contributed by atoms with E-state index in [1.165, 1.54) is 25.3 Å². The molecule has 0 unspecified atom stereocenters. The average Bonchev–Trinajstić information content (AvgIpc) is 3.31. The van der Waals surface area contributed by atoms with Gasteiger partial charge in [-0.1, -0.05) is 0 Å². The fourth-order valence-electron chi connectivity index (χ4n) is 2.25. The Labute approximate surface area is 135 Å².